The van der Waals surface area contributed by atoms with Gasteiger partial charge in [0.15, 0.2) is 6.04 Å². The molecule has 1 amide bonds. The molecule has 10 heteroatoms. The number of hydrogen-bond acceptors (Lipinski definition) is 7. The van der Waals surface area contributed by atoms with Crippen molar-refractivity contribution in [2.24, 2.45) is 0 Å². The van der Waals surface area contributed by atoms with Gasteiger partial charge < -0.3 is 20.1 Å². The van der Waals surface area contributed by atoms with Crippen molar-refractivity contribution in [3.05, 3.63) is 47.7 Å². The van der Waals surface area contributed by atoms with Crippen LogP contribution in [0.15, 0.2) is 36.4 Å². The smallest absolute Gasteiger partial charge is 0.330 e. The fourth-order valence-electron chi connectivity index (χ4n) is 4.64. The second kappa shape index (κ2) is 14.4. The zero-order valence-electron chi connectivity index (χ0n) is 23.2. The molecule has 0 radical (unpaired) electrons. The molecule has 3 rings (SSSR count). The molecule has 1 aliphatic heterocycles. The number of rotatable bonds is 14. The van der Waals surface area contributed by atoms with Gasteiger partial charge in [0.2, 0.25) is 6.23 Å². The fraction of sp³-hybridized carbons (Fsp3) is 0.571. The Morgan fingerprint density at radius 3 is 2.68 bits per heavy atom. The van der Waals surface area contributed by atoms with E-state index in [1.165, 1.54) is 17.7 Å². The van der Waals surface area contributed by atoms with Gasteiger partial charge >= 0.3 is 5.97 Å². The van der Waals surface area contributed by atoms with Crippen LogP contribution in [0, 0.1) is 0 Å². The predicted molar refractivity (Wildman–Crippen MR) is 148 cm³/mol. The van der Waals surface area contributed by atoms with E-state index < -0.39 is 12.0 Å². The van der Waals surface area contributed by atoms with Crippen molar-refractivity contribution >= 4 is 29.2 Å². The Morgan fingerprint density at radius 1 is 1.18 bits per heavy atom. The number of quaternary nitrogens is 2. The highest BCUT2D eigenvalue weighted by Crippen LogP contribution is 2.31. The van der Waals surface area contributed by atoms with Crippen LogP contribution in [0.25, 0.3) is 5.57 Å². The summed E-state index contributed by atoms with van der Waals surface area (Å²) in [5.41, 5.74) is 6.90. The summed E-state index contributed by atoms with van der Waals surface area (Å²) in [5, 5.41) is 0. The first kappa shape index (κ1) is 29.7. The van der Waals surface area contributed by atoms with E-state index in [2.05, 4.69) is 34.5 Å². The van der Waals surface area contributed by atoms with Crippen molar-refractivity contribution in [2.45, 2.75) is 64.6 Å². The Hall–Kier alpha value is -2.82. The van der Waals surface area contributed by atoms with Crippen LogP contribution in [-0.4, -0.2) is 82.6 Å². The maximum absolute atomic E-state index is 12.8. The largest absolute Gasteiger partial charge is 0.475 e. The summed E-state index contributed by atoms with van der Waals surface area (Å²) >= 11 is 1.16. The van der Waals surface area contributed by atoms with Crippen molar-refractivity contribution in [2.75, 3.05) is 40.3 Å². The SMILES string of the molecule is CCCCCCOc1nsnc1C1=CCC[N+](C)([C@@H](C)OC(=O)CN(C)C(=O)[C@@H]([NH3+])Cc2ccccc2)C1. The topological polar surface area (TPSA) is 109 Å². The molecule has 1 unspecified atom stereocenters. The molecular weight excluding hydrogens is 502 g/mol. The van der Waals surface area contributed by atoms with Gasteiger partial charge in [-0.1, -0.05) is 62.6 Å². The molecule has 0 saturated heterocycles. The number of hydrogen-bond donors (Lipinski definition) is 1. The standard InChI is InChI=1S/C28H42N5O4S/c1-5-6-7-11-17-36-27-26(30-38-31-27)23-15-12-16-33(4,20-23)21(2)37-25(34)19-32(3)28(35)24(29)18-22-13-9-8-10-14-22/h8-10,13-15,21,24H,5-7,11-12,16-20,29H2,1-4H3/q+1/p+1/t21-,24+,33?/m1/s1. The third-order valence-corrected chi connectivity index (χ3v) is 7.67. The molecule has 2 aromatic rings. The number of unbranched alkanes of at least 4 members (excludes halogenated alkanes) is 3. The molecule has 3 atom stereocenters. The summed E-state index contributed by atoms with van der Waals surface area (Å²) in [4.78, 5) is 27.0. The number of esters is 1. The number of nitrogens with zero attached hydrogens (tertiary/aromatic N) is 4. The molecule has 0 spiro atoms. The van der Waals surface area contributed by atoms with Crippen LogP contribution in [0.4, 0.5) is 0 Å². The van der Waals surface area contributed by atoms with Crippen LogP contribution in [0.3, 0.4) is 0 Å². The van der Waals surface area contributed by atoms with Crippen LogP contribution in [0.2, 0.25) is 0 Å². The molecule has 9 nitrogen and oxygen atoms in total. The van der Waals surface area contributed by atoms with E-state index in [-0.39, 0.29) is 18.7 Å². The molecule has 0 aliphatic carbocycles. The second-order valence-corrected chi connectivity index (χ2v) is 10.9. The molecule has 1 aromatic carbocycles. The van der Waals surface area contributed by atoms with Gasteiger partial charge in [-0.05, 0) is 12.0 Å². The molecule has 0 fully saturated rings. The average Bonchev–Trinajstić information content (AvgIpc) is 3.37. The monoisotopic (exact) mass is 545 g/mol. The van der Waals surface area contributed by atoms with E-state index in [1.807, 2.05) is 37.3 Å². The van der Waals surface area contributed by atoms with E-state index in [1.54, 1.807) is 7.05 Å². The van der Waals surface area contributed by atoms with Gasteiger partial charge in [-0.25, -0.2) is 4.79 Å². The lowest BCUT2D eigenvalue weighted by Crippen LogP contribution is -2.68. The normalized spacial score (nSPS) is 18.8. The quantitative estimate of drug-likeness (QED) is 0.222. The van der Waals surface area contributed by atoms with E-state index in [9.17, 15) is 9.59 Å². The Bertz CT molecular complexity index is 1080. The van der Waals surface area contributed by atoms with Crippen molar-refractivity contribution in [3.63, 3.8) is 0 Å². The van der Waals surface area contributed by atoms with Crippen LogP contribution in [0.5, 0.6) is 5.88 Å². The first-order valence-corrected chi connectivity index (χ1v) is 14.3. The lowest BCUT2D eigenvalue weighted by molar-refractivity contribution is -0.944. The number of aromatic nitrogens is 2. The van der Waals surface area contributed by atoms with Crippen LogP contribution < -0.4 is 10.5 Å². The molecular formula is C28H43N5O4S+2. The minimum absolute atomic E-state index is 0.112. The summed E-state index contributed by atoms with van der Waals surface area (Å²) in [6, 6.07) is 9.28. The van der Waals surface area contributed by atoms with Gasteiger partial charge in [0.25, 0.3) is 11.8 Å². The van der Waals surface area contributed by atoms with Crippen molar-refractivity contribution in [3.8, 4) is 5.88 Å². The first-order chi connectivity index (χ1) is 18.2. The summed E-state index contributed by atoms with van der Waals surface area (Å²) in [6.07, 6.45) is 7.69. The lowest BCUT2D eigenvalue weighted by Gasteiger charge is -2.41. The fourth-order valence-corrected chi connectivity index (χ4v) is 5.17. The molecule has 0 bridgehead atoms. The highest BCUT2D eigenvalue weighted by atomic mass is 32.1. The maximum Gasteiger partial charge on any atom is 0.330 e. The number of ether oxygens (including phenoxy) is 2. The van der Waals surface area contributed by atoms with Crippen molar-refractivity contribution in [1.29, 1.82) is 0 Å². The number of carbonyl (C=O) groups excluding carboxylic acids is 2. The Balaban J connectivity index is 1.52. The predicted octanol–water partition coefficient (Wildman–Crippen LogP) is 2.93. The summed E-state index contributed by atoms with van der Waals surface area (Å²) < 4.78 is 21.2. The molecule has 1 aliphatic rings. The molecule has 208 valence electrons. The highest BCUT2D eigenvalue weighted by Gasteiger charge is 2.37. The molecule has 1 aromatic heterocycles. The van der Waals surface area contributed by atoms with Gasteiger partial charge in [0, 0.05) is 32.4 Å². The molecule has 3 N–H and O–H groups in total. The third-order valence-electron chi connectivity index (χ3n) is 7.16. The van der Waals surface area contributed by atoms with E-state index in [0.717, 1.165) is 54.4 Å². The van der Waals surface area contributed by atoms with Crippen LogP contribution in [-0.2, 0) is 20.7 Å². The molecule has 2 heterocycles. The van der Waals surface area contributed by atoms with E-state index >= 15 is 0 Å². The highest BCUT2D eigenvalue weighted by molar-refractivity contribution is 6.99. The van der Waals surface area contributed by atoms with Gasteiger partial charge in [-0.2, -0.15) is 4.37 Å². The summed E-state index contributed by atoms with van der Waals surface area (Å²) in [6.45, 7) is 6.10. The van der Waals surface area contributed by atoms with E-state index in [0.29, 0.717) is 29.9 Å². The zero-order chi connectivity index (χ0) is 27.5. The number of amides is 1. The Morgan fingerprint density at radius 2 is 1.95 bits per heavy atom. The van der Waals surface area contributed by atoms with Crippen LogP contribution >= 0.6 is 11.7 Å². The Labute approximate surface area is 230 Å². The van der Waals surface area contributed by atoms with Gasteiger partial charge in [0.05, 0.1) is 31.9 Å². The number of likely N-dealkylation sites (N-methyl/N-ethyl adjacent to an activating group) is 2. The Kier molecular flexibility index (Phi) is 11.2. The number of carbonyl (C=O) groups is 2. The molecule has 0 saturated carbocycles. The average molecular weight is 546 g/mol. The van der Waals surface area contributed by atoms with Gasteiger partial charge in [-0.15, -0.1) is 4.37 Å². The first-order valence-electron chi connectivity index (χ1n) is 13.5. The lowest BCUT2D eigenvalue weighted by atomic mass is 10.0. The minimum atomic E-state index is -0.471. The van der Waals surface area contributed by atoms with E-state index in [4.69, 9.17) is 9.47 Å². The van der Waals surface area contributed by atoms with Gasteiger partial charge in [-0.3, -0.25) is 9.28 Å². The summed E-state index contributed by atoms with van der Waals surface area (Å²) in [5.74, 6) is -0.0170. The van der Waals surface area contributed by atoms with Gasteiger partial charge in [0.1, 0.15) is 18.8 Å². The zero-order valence-corrected chi connectivity index (χ0v) is 24.0. The van der Waals surface area contributed by atoms with Crippen LogP contribution in [0.1, 0.15) is 57.2 Å². The van der Waals surface area contributed by atoms with Crippen molar-refractivity contribution < 1.29 is 29.3 Å². The summed E-state index contributed by atoms with van der Waals surface area (Å²) in [7, 11) is 3.70. The van der Waals surface area contributed by atoms with Crippen molar-refractivity contribution in [1.82, 2.24) is 13.6 Å². The minimum Gasteiger partial charge on any atom is -0.475 e. The second-order valence-electron chi connectivity index (χ2n) is 10.4. The molecule has 38 heavy (non-hydrogen) atoms. The number of benzene rings is 1. The third kappa shape index (κ3) is 8.34. The maximum atomic E-state index is 12.8.